The lowest BCUT2D eigenvalue weighted by atomic mass is 9.64. The van der Waals surface area contributed by atoms with Gasteiger partial charge in [-0.15, -0.1) is 0 Å². The summed E-state index contributed by atoms with van der Waals surface area (Å²) in [7, 11) is 1.94. The summed E-state index contributed by atoms with van der Waals surface area (Å²) in [5.74, 6) is 1.97. The first-order chi connectivity index (χ1) is 15.4. The SMILES string of the molecule is CNSCc1ccc2c(c1)C(CCNc1ncc(C#N)c(N[C@@H]3C[C@H](O)C3(C)C)n1)=CC2.O.O. The standard InChI is InChI=1S/C24H30N6OS.2H2O/c1-24(2)20(11-21(24)31)29-22-18(12-25)13-28-23(30-22)27-9-8-17-7-6-16-5-4-15(10-19(16)17)14-32-26-3;;/h4-5,7,10,13,20-21,26,31H,6,8-9,11,14H2,1-3H3,(H2,27,28,29,30);2*1H2/t20-,21+;;/m1../s1. The van der Waals surface area contributed by atoms with Crippen molar-refractivity contribution in [1.29, 1.82) is 5.26 Å². The zero-order chi connectivity index (χ0) is 22.7. The second kappa shape index (κ2) is 11.6. The third-order valence-corrected chi connectivity index (χ3v) is 7.35. The van der Waals surface area contributed by atoms with Gasteiger partial charge in [0, 0.05) is 23.8 Å². The Balaban J connectivity index is 0.00000204. The molecule has 0 amide bonds. The van der Waals surface area contributed by atoms with Gasteiger partial charge in [0.2, 0.25) is 5.95 Å². The van der Waals surface area contributed by atoms with Crippen LogP contribution in [0, 0.1) is 16.7 Å². The van der Waals surface area contributed by atoms with Crippen molar-refractivity contribution in [2.24, 2.45) is 5.41 Å². The molecule has 0 bridgehead atoms. The summed E-state index contributed by atoms with van der Waals surface area (Å²) < 4.78 is 3.13. The number of aliphatic hydroxyl groups is 1. The average Bonchev–Trinajstić information content (AvgIpc) is 3.20. The molecule has 0 spiro atoms. The maximum atomic E-state index is 9.99. The summed E-state index contributed by atoms with van der Waals surface area (Å²) in [6.07, 6.45) is 6.02. The van der Waals surface area contributed by atoms with Crippen LogP contribution in [-0.2, 0) is 12.2 Å². The normalized spacial score (nSPS) is 19.4. The summed E-state index contributed by atoms with van der Waals surface area (Å²) in [4.78, 5) is 8.85. The van der Waals surface area contributed by atoms with Gasteiger partial charge in [0.05, 0.1) is 12.3 Å². The molecular formula is C24H34N6O3S. The van der Waals surface area contributed by atoms with E-state index in [1.165, 1.54) is 22.3 Å². The Morgan fingerprint density at radius 1 is 1.29 bits per heavy atom. The quantitative estimate of drug-likeness (QED) is 0.390. The molecule has 2 aromatic rings. The van der Waals surface area contributed by atoms with E-state index in [1.807, 2.05) is 20.9 Å². The van der Waals surface area contributed by atoms with Crippen molar-refractivity contribution in [3.05, 3.63) is 52.7 Å². The van der Waals surface area contributed by atoms with Crippen LogP contribution in [0.2, 0.25) is 0 Å². The number of benzene rings is 1. The topological polar surface area (TPSA) is 169 Å². The van der Waals surface area contributed by atoms with Crippen molar-refractivity contribution >= 4 is 29.3 Å². The third-order valence-electron chi connectivity index (χ3n) is 6.59. The first kappa shape index (κ1) is 27.6. The van der Waals surface area contributed by atoms with Crippen LogP contribution in [-0.4, -0.2) is 51.8 Å². The molecule has 2 aliphatic rings. The van der Waals surface area contributed by atoms with Crippen molar-refractivity contribution in [1.82, 2.24) is 14.7 Å². The number of nitrogens with zero attached hydrogens (tertiary/aromatic N) is 3. The van der Waals surface area contributed by atoms with E-state index in [0.717, 1.165) is 18.6 Å². The predicted octanol–water partition coefficient (Wildman–Crippen LogP) is 2.08. The van der Waals surface area contributed by atoms with Crippen LogP contribution in [0.25, 0.3) is 5.57 Å². The van der Waals surface area contributed by atoms with Crippen LogP contribution in [0.5, 0.6) is 0 Å². The Kier molecular flexibility index (Phi) is 9.44. The first-order valence-electron chi connectivity index (χ1n) is 11.0. The predicted molar refractivity (Wildman–Crippen MR) is 137 cm³/mol. The number of nitriles is 1. The van der Waals surface area contributed by atoms with Gasteiger partial charge in [-0.05, 0) is 48.6 Å². The van der Waals surface area contributed by atoms with E-state index in [2.05, 4.69) is 55.7 Å². The highest BCUT2D eigenvalue weighted by atomic mass is 32.2. The van der Waals surface area contributed by atoms with Gasteiger partial charge >= 0.3 is 0 Å². The largest absolute Gasteiger partial charge is 0.412 e. The molecule has 10 heteroatoms. The van der Waals surface area contributed by atoms with Crippen LogP contribution in [0.1, 0.15) is 48.9 Å². The minimum absolute atomic E-state index is 0. The molecule has 9 nitrogen and oxygen atoms in total. The van der Waals surface area contributed by atoms with Crippen molar-refractivity contribution in [2.75, 3.05) is 24.2 Å². The molecule has 2 aliphatic carbocycles. The summed E-state index contributed by atoms with van der Waals surface area (Å²) in [5.41, 5.74) is 5.55. The number of rotatable bonds is 9. The molecule has 0 radical (unpaired) electrons. The lowest BCUT2D eigenvalue weighted by Crippen LogP contribution is -2.57. The maximum Gasteiger partial charge on any atom is 0.224 e. The van der Waals surface area contributed by atoms with Gasteiger partial charge in [0.1, 0.15) is 17.5 Å². The Bertz CT molecular complexity index is 1070. The molecule has 34 heavy (non-hydrogen) atoms. The summed E-state index contributed by atoms with van der Waals surface area (Å²) in [5, 5.41) is 26.1. The maximum absolute atomic E-state index is 9.99. The number of aliphatic hydroxyl groups excluding tert-OH is 1. The van der Waals surface area contributed by atoms with Gasteiger partial charge in [-0.2, -0.15) is 10.2 Å². The molecule has 0 aliphatic heterocycles. The van der Waals surface area contributed by atoms with E-state index in [0.29, 0.717) is 30.3 Å². The Labute approximate surface area is 204 Å². The van der Waals surface area contributed by atoms with Crippen LogP contribution in [0.4, 0.5) is 11.8 Å². The average molecular weight is 487 g/mol. The fraction of sp³-hybridized carbons (Fsp3) is 0.458. The highest BCUT2D eigenvalue weighted by Gasteiger charge is 2.47. The molecule has 1 fully saturated rings. The van der Waals surface area contributed by atoms with Gasteiger partial charge in [0.15, 0.2) is 0 Å². The van der Waals surface area contributed by atoms with Crippen LogP contribution < -0.4 is 15.4 Å². The van der Waals surface area contributed by atoms with E-state index in [-0.39, 0.29) is 28.5 Å². The molecule has 184 valence electrons. The molecule has 8 N–H and O–H groups in total. The molecule has 1 heterocycles. The Morgan fingerprint density at radius 2 is 2.09 bits per heavy atom. The van der Waals surface area contributed by atoms with E-state index < -0.39 is 0 Å². The molecule has 1 aromatic carbocycles. The Hall–Kier alpha value is -2.68. The lowest BCUT2D eigenvalue weighted by Gasteiger charge is -2.49. The van der Waals surface area contributed by atoms with Crippen LogP contribution in [0.3, 0.4) is 0 Å². The van der Waals surface area contributed by atoms with E-state index in [4.69, 9.17) is 0 Å². The second-order valence-electron chi connectivity index (χ2n) is 8.93. The van der Waals surface area contributed by atoms with Crippen molar-refractivity contribution < 1.29 is 16.1 Å². The summed E-state index contributed by atoms with van der Waals surface area (Å²) in [6.45, 7) is 4.74. The summed E-state index contributed by atoms with van der Waals surface area (Å²) >= 11 is 1.70. The van der Waals surface area contributed by atoms with Gasteiger partial charge in [-0.25, -0.2) is 4.98 Å². The highest BCUT2D eigenvalue weighted by molar-refractivity contribution is 7.96. The summed E-state index contributed by atoms with van der Waals surface area (Å²) in [6, 6.07) is 8.97. The van der Waals surface area contributed by atoms with Gasteiger partial charge in [-0.1, -0.05) is 50.1 Å². The van der Waals surface area contributed by atoms with Gasteiger partial charge in [-0.3, -0.25) is 4.72 Å². The molecule has 0 unspecified atom stereocenters. The number of anilines is 2. The zero-order valence-electron chi connectivity index (χ0n) is 19.8. The van der Waals surface area contributed by atoms with Crippen molar-refractivity contribution in [3.63, 3.8) is 0 Å². The number of aromatic nitrogens is 2. The highest BCUT2D eigenvalue weighted by Crippen LogP contribution is 2.42. The van der Waals surface area contributed by atoms with Crippen molar-refractivity contribution in [2.45, 2.75) is 51.0 Å². The molecule has 1 saturated carbocycles. The zero-order valence-corrected chi connectivity index (χ0v) is 20.6. The molecule has 1 aromatic heterocycles. The molecular weight excluding hydrogens is 452 g/mol. The number of fused-ring (bicyclic) bond motifs is 1. The lowest BCUT2D eigenvalue weighted by molar-refractivity contribution is -0.0511. The molecule has 2 atom stereocenters. The van der Waals surface area contributed by atoms with Crippen LogP contribution >= 0.6 is 11.9 Å². The Morgan fingerprint density at radius 3 is 2.76 bits per heavy atom. The van der Waals surface area contributed by atoms with Gasteiger partial charge < -0.3 is 26.7 Å². The van der Waals surface area contributed by atoms with E-state index in [1.54, 1.807) is 18.1 Å². The monoisotopic (exact) mass is 486 g/mol. The minimum Gasteiger partial charge on any atom is -0.412 e. The first-order valence-corrected chi connectivity index (χ1v) is 12.0. The number of hydrogen-bond acceptors (Lipinski definition) is 8. The number of hydrogen-bond donors (Lipinski definition) is 4. The smallest absolute Gasteiger partial charge is 0.224 e. The number of nitrogens with one attached hydrogen (secondary N) is 3. The number of allylic oxidation sites excluding steroid dienone is 1. The van der Waals surface area contributed by atoms with Crippen LogP contribution in [0.15, 0.2) is 30.5 Å². The fourth-order valence-electron chi connectivity index (χ4n) is 4.21. The van der Waals surface area contributed by atoms with E-state index >= 15 is 0 Å². The second-order valence-corrected chi connectivity index (χ2v) is 9.92. The fourth-order valence-corrected chi connectivity index (χ4v) is 4.70. The van der Waals surface area contributed by atoms with Crippen molar-refractivity contribution in [3.8, 4) is 6.07 Å². The molecule has 4 rings (SSSR count). The molecule has 0 saturated heterocycles. The third kappa shape index (κ3) is 5.68. The van der Waals surface area contributed by atoms with E-state index in [9.17, 15) is 10.4 Å². The minimum atomic E-state index is -0.343. The van der Waals surface area contributed by atoms with Gasteiger partial charge in [0.25, 0.3) is 0 Å².